The second-order valence-electron chi connectivity index (χ2n) is 7.16. The van der Waals surface area contributed by atoms with Crippen molar-refractivity contribution in [3.63, 3.8) is 0 Å². The Balaban J connectivity index is 2.00. The van der Waals surface area contributed by atoms with E-state index in [1.807, 2.05) is 13.8 Å². The van der Waals surface area contributed by atoms with Crippen molar-refractivity contribution < 1.29 is 28.2 Å². The SMILES string of the molecule is COc1cc(NC2=C(c3ccc(F)cc3)C(=O)N(CCOC(C)C)C2=O)cc(OC)c1. The summed E-state index contributed by atoms with van der Waals surface area (Å²) in [6, 6.07) is 10.5. The molecule has 3 rings (SSSR count). The van der Waals surface area contributed by atoms with Gasteiger partial charge in [-0.2, -0.15) is 0 Å². The fourth-order valence-corrected chi connectivity index (χ4v) is 3.18. The summed E-state index contributed by atoms with van der Waals surface area (Å²) >= 11 is 0. The van der Waals surface area contributed by atoms with Gasteiger partial charge in [-0.25, -0.2) is 4.39 Å². The van der Waals surface area contributed by atoms with Gasteiger partial charge in [0, 0.05) is 23.9 Å². The summed E-state index contributed by atoms with van der Waals surface area (Å²) in [5.74, 6) is -0.357. The summed E-state index contributed by atoms with van der Waals surface area (Å²) in [6.07, 6.45) is -0.0285. The van der Waals surface area contributed by atoms with Crippen molar-refractivity contribution in [1.29, 1.82) is 0 Å². The second kappa shape index (κ2) is 9.61. The average Bonchev–Trinajstić information content (AvgIpc) is 2.98. The van der Waals surface area contributed by atoms with E-state index in [2.05, 4.69) is 5.32 Å². The number of nitrogens with zero attached hydrogens (tertiary/aromatic N) is 1. The maximum atomic E-state index is 13.4. The van der Waals surface area contributed by atoms with E-state index in [-0.39, 0.29) is 30.5 Å². The lowest BCUT2D eigenvalue weighted by Crippen LogP contribution is -2.35. The van der Waals surface area contributed by atoms with Crippen LogP contribution in [0.15, 0.2) is 48.2 Å². The van der Waals surface area contributed by atoms with Gasteiger partial charge >= 0.3 is 0 Å². The molecule has 1 heterocycles. The van der Waals surface area contributed by atoms with Crippen LogP contribution in [0.4, 0.5) is 10.1 Å². The molecule has 2 amide bonds. The summed E-state index contributed by atoms with van der Waals surface area (Å²) in [7, 11) is 3.03. The molecule has 1 aliphatic heterocycles. The van der Waals surface area contributed by atoms with E-state index in [0.717, 1.165) is 4.90 Å². The highest BCUT2D eigenvalue weighted by Gasteiger charge is 2.39. The predicted octanol–water partition coefficient (Wildman–Crippen LogP) is 3.46. The van der Waals surface area contributed by atoms with Gasteiger partial charge in [0.1, 0.15) is 23.0 Å². The second-order valence-corrected chi connectivity index (χ2v) is 7.16. The minimum absolute atomic E-state index is 0.0285. The first-order valence-electron chi connectivity index (χ1n) is 9.82. The van der Waals surface area contributed by atoms with Crippen molar-refractivity contribution in [2.75, 3.05) is 32.7 Å². The number of methoxy groups -OCH3 is 2. The van der Waals surface area contributed by atoms with Crippen LogP contribution in [-0.4, -0.2) is 50.2 Å². The number of nitrogens with one attached hydrogen (secondary N) is 1. The first-order chi connectivity index (χ1) is 14.8. The largest absolute Gasteiger partial charge is 0.497 e. The number of carbonyl (C=O) groups is 2. The summed E-state index contributed by atoms with van der Waals surface area (Å²) in [5, 5.41) is 3.04. The van der Waals surface area contributed by atoms with Gasteiger partial charge in [-0.15, -0.1) is 0 Å². The zero-order chi connectivity index (χ0) is 22.5. The molecule has 2 aromatic carbocycles. The van der Waals surface area contributed by atoms with Gasteiger partial charge in [0.25, 0.3) is 11.8 Å². The lowest BCUT2D eigenvalue weighted by Gasteiger charge is -2.16. The van der Waals surface area contributed by atoms with Crippen LogP contribution in [0.1, 0.15) is 19.4 Å². The summed E-state index contributed by atoms with van der Waals surface area (Å²) in [6.45, 7) is 4.07. The van der Waals surface area contributed by atoms with Crippen LogP contribution >= 0.6 is 0 Å². The Morgan fingerprint density at radius 2 is 1.58 bits per heavy atom. The van der Waals surface area contributed by atoms with Crippen LogP contribution in [0, 0.1) is 5.82 Å². The standard InChI is InChI=1S/C23H25FN2O5/c1-14(2)31-10-9-26-22(27)20(15-5-7-16(24)8-6-15)21(23(26)28)25-17-11-18(29-3)13-19(12-17)30-4/h5-8,11-14,25H,9-10H2,1-4H3. The van der Waals surface area contributed by atoms with Gasteiger partial charge in [0.2, 0.25) is 0 Å². The molecule has 0 aromatic heterocycles. The summed E-state index contributed by atoms with van der Waals surface area (Å²) in [5.41, 5.74) is 1.20. The smallest absolute Gasteiger partial charge is 0.278 e. The number of rotatable bonds is 9. The molecule has 0 atom stereocenters. The Morgan fingerprint density at radius 3 is 2.13 bits per heavy atom. The minimum atomic E-state index is -0.488. The highest BCUT2D eigenvalue weighted by Crippen LogP contribution is 2.33. The van der Waals surface area contributed by atoms with E-state index in [4.69, 9.17) is 14.2 Å². The fourth-order valence-electron chi connectivity index (χ4n) is 3.18. The van der Waals surface area contributed by atoms with Crippen LogP contribution in [0.3, 0.4) is 0 Å². The fraction of sp³-hybridized carbons (Fsp3) is 0.304. The lowest BCUT2D eigenvalue weighted by molar-refractivity contribution is -0.137. The van der Waals surface area contributed by atoms with Gasteiger partial charge in [-0.1, -0.05) is 12.1 Å². The number of halogens is 1. The molecule has 0 saturated carbocycles. The Kier molecular flexibility index (Phi) is 6.91. The molecular formula is C23H25FN2O5. The minimum Gasteiger partial charge on any atom is -0.497 e. The highest BCUT2D eigenvalue weighted by molar-refractivity contribution is 6.36. The van der Waals surface area contributed by atoms with Crippen LogP contribution in [0.25, 0.3) is 5.57 Å². The molecular weight excluding hydrogens is 403 g/mol. The molecule has 8 heteroatoms. The van der Waals surface area contributed by atoms with Crippen molar-refractivity contribution in [3.8, 4) is 11.5 Å². The van der Waals surface area contributed by atoms with Crippen LogP contribution < -0.4 is 14.8 Å². The van der Waals surface area contributed by atoms with Gasteiger partial charge in [0.05, 0.1) is 39.0 Å². The normalized spacial score (nSPS) is 13.9. The molecule has 2 aromatic rings. The van der Waals surface area contributed by atoms with Crippen molar-refractivity contribution >= 4 is 23.1 Å². The molecule has 1 aliphatic rings. The zero-order valence-corrected chi connectivity index (χ0v) is 17.9. The van der Waals surface area contributed by atoms with E-state index in [1.54, 1.807) is 18.2 Å². The van der Waals surface area contributed by atoms with Gasteiger partial charge in [-0.3, -0.25) is 14.5 Å². The third-order valence-electron chi connectivity index (χ3n) is 4.69. The summed E-state index contributed by atoms with van der Waals surface area (Å²) in [4.78, 5) is 27.4. The zero-order valence-electron chi connectivity index (χ0n) is 17.9. The van der Waals surface area contributed by atoms with Gasteiger partial charge in [-0.05, 0) is 31.5 Å². The number of amides is 2. The molecule has 0 saturated heterocycles. The molecule has 7 nitrogen and oxygen atoms in total. The predicted molar refractivity (Wildman–Crippen MR) is 114 cm³/mol. The topological polar surface area (TPSA) is 77.1 Å². The molecule has 0 spiro atoms. The van der Waals surface area contributed by atoms with Crippen molar-refractivity contribution in [3.05, 3.63) is 59.5 Å². The van der Waals surface area contributed by atoms with E-state index < -0.39 is 17.6 Å². The van der Waals surface area contributed by atoms with Crippen molar-refractivity contribution in [2.24, 2.45) is 0 Å². The molecule has 0 fully saturated rings. The molecule has 0 unspecified atom stereocenters. The molecule has 0 radical (unpaired) electrons. The number of imide groups is 1. The average molecular weight is 428 g/mol. The van der Waals surface area contributed by atoms with Crippen LogP contribution in [0.2, 0.25) is 0 Å². The van der Waals surface area contributed by atoms with Gasteiger partial charge in [0.15, 0.2) is 0 Å². The number of hydrogen-bond donors (Lipinski definition) is 1. The lowest BCUT2D eigenvalue weighted by atomic mass is 10.0. The van der Waals surface area contributed by atoms with Gasteiger partial charge < -0.3 is 19.5 Å². The Bertz CT molecular complexity index is 979. The Morgan fingerprint density at radius 1 is 0.968 bits per heavy atom. The molecule has 0 bridgehead atoms. The Hall–Kier alpha value is -3.39. The monoisotopic (exact) mass is 428 g/mol. The molecule has 31 heavy (non-hydrogen) atoms. The van der Waals surface area contributed by atoms with E-state index in [0.29, 0.717) is 22.7 Å². The van der Waals surface area contributed by atoms with Crippen LogP contribution in [-0.2, 0) is 14.3 Å². The van der Waals surface area contributed by atoms with E-state index >= 15 is 0 Å². The summed E-state index contributed by atoms with van der Waals surface area (Å²) < 4.78 is 29.5. The first-order valence-corrected chi connectivity index (χ1v) is 9.82. The van der Waals surface area contributed by atoms with E-state index in [9.17, 15) is 14.0 Å². The first kappa shape index (κ1) is 22.3. The van der Waals surface area contributed by atoms with Crippen molar-refractivity contribution in [1.82, 2.24) is 4.90 Å². The number of carbonyl (C=O) groups excluding carboxylic acids is 2. The van der Waals surface area contributed by atoms with E-state index in [1.165, 1.54) is 38.5 Å². The number of anilines is 1. The molecule has 0 aliphatic carbocycles. The molecule has 1 N–H and O–H groups in total. The molecule has 164 valence electrons. The third-order valence-corrected chi connectivity index (χ3v) is 4.69. The number of benzene rings is 2. The Labute approximate surface area is 180 Å². The maximum absolute atomic E-state index is 13.4. The highest BCUT2D eigenvalue weighted by atomic mass is 19.1. The third kappa shape index (κ3) is 5.03. The quantitative estimate of drug-likeness (QED) is 0.617. The van der Waals surface area contributed by atoms with Crippen molar-refractivity contribution in [2.45, 2.75) is 20.0 Å². The van der Waals surface area contributed by atoms with Crippen LogP contribution in [0.5, 0.6) is 11.5 Å². The number of ether oxygens (including phenoxy) is 3. The maximum Gasteiger partial charge on any atom is 0.278 e. The number of hydrogen-bond acceptors (Lipinski definition) is 6.